The first-order chi connectivity index (χ1) is 7.79. The molecule has 0 amide bonds. The van der Waals surface area contributed by atoms with Crippen LogP contribution in [-0.4, -0.2) is 26.3 Å². The lowest BCUT2D eigenvalue weighted by Gasteiger charge is -2.14. The van der Waals surface area contributed by atoms with Gasteiger partial charge in [0.25, 0.3) is 0 Å². The van der Waals surface area contributed by atoms with Crippen LogP contribution in [0.2, 0.25) is 0 Å². The van der Waals surface area contributed by atoms with Crippen molar-refractivity contribution >= 4 is 0 Å². The molecule has 1 N–H and O–H groups in total. The van der Waals surface area contributed by atoms with Crippen LogP contribution in [0, 0.1) is 6.92 Å². The summed E-state index contributed by atoms with van der Waals surface area (Å²) < 4.78 is 11.0. The molecule has 1 aromatic carbocycles. The molecule has 0 saturated carbocycles. The molecule has 1 aromatic rings. The summed E-state index contributed by atoms with van der Waals surface area (Å²) >= 11 is 0. The van der Waals surface area contributed by atoms with E-state index in [1.165, 1.54) is 12.8 Å². The van der Waals surface area contributed by atoms with Gasteiger partial charge < -0.3 is 14.8 Å². The minimum Gasteiger partial charge on any atom is -0.497 e. The van der Waals surface area contributed by atoms with Gasteiger partial charge in [-0.05, 0) is 50.1 Å². The van der Waals surface area contributed by atoms with Crippen LogP contribution in [0.1, 0.15) is 18.4 Å². The first-order valence-electron chi connectivity index (χ1n) is 5.80. The Morgan fingerprint density at radius 1 is 1.44 bits per heavy atom. The molecule has 1 saturated heterocycles. The van der Waals surface area contributed by atoms with Crippen molar-refractivity contribution in [1.82, 2.24) is 5.32 Å². The molecule has 1 unspecified atom stereocenters. The van der Waals surface area contributed by atoms with Crippen molar-refractivity contribution in [2.24, 2.45) is 0 Å². The Morgan fingerprint density at radius 3 is 2.94 bits per heavy atom. The fraction of sp³-hybridized carbons (Fsp3) is 0.538. The summed E-state index contributed by atoms with van der Waals surface area (Å²) in [5.74, 6) is 1.83. The van der Waals surface area contributed by atoms with Gasteiger partial charge in [-0.1, -0.05) is 0 Å². The standard InChI is InChI=1S/C13H19NO2/c1-10-8-12(15-2)5-6-13(10)16-9-11-4-3-7-14-11/h5-6,8,11,14H,3-4,7,9H2,1-2H3. The topological polar surface area (TPSA) is 30.5 Å². The van der Waals surface area contributed by atoms with Gasteiger partial charge in [-0.15, -0.1) is 0 Å². The average molecular weight is 221 g/mol. The number of aryl methyl sites for hydroxylation is 1. The van der Waals surface area contributed by atoms with Gasteiger partial charge in [0.2, 0.25) is 0 Å². The van der Waals surface area contributed by atoms with Crippen molar-refractivity contribution < 1.29 is 9.47 Å². The molecule has 16 heavy (non-hydrogen) atoms. The summed E-state index contributed by atoms with van der Waals surface area (Å²) in [5, 5.41) is 3.42. The van der Waals surface area contributed by atoms with E-state index in [4.69, 9.17) is 9.47 Å². The molecule has 1 fully saturated rings. The molecular weight excluding hydrogens is 202 g/mol. The number of nitrogens with one attached hydrogen (secondary N) is 1. The van der Waals surface area contributed by atoms with Gasteiger partial charge in [-0.25, -0.2) is 0 Å². The lowest BCUT2D eigenvalue weighted by atomic mass is 10.2. The zero-order valence-corrected chi connectivity index (χ0v) is 9.95. The zero-order valence-electron chi connectivity index (χ0n) is 9.95. The van der Waals surface area contributed by atoms with Crippen LogP contribution in [0.4, 0.5) is 0 Å². The Kier molecular flexibility index (Phi) is 3.67. The Labute approximate surface area is 96.8 Å². The van der Waals surface area contributed by atoms with Crippen LogP contribution in [0.15, 0.2) is 18.2 Å². The quantitative estimate of drug-likeness (QED) is 0.845. The van der Waals surface area contributed by atoms with Gasteiger partial charge in [-0.2, -0.15) is 0 Å². The van der Waals surface area contributed by atoms with E-state index < -0.39 is 0 Å². The van der Waals surface area contributed by atoms with Gasteiger partial charge >= 0.3 is 0 Å². The Bertz CT molecular complexity index is 346. The van der Waals surface area contributed by atoms with Crippen LogP contribution in [0.25, 0.3) is 0 Å². The number of benzene rings is 1. The number of ether oxygens (including phenoxy) is 2. The summed E-state index contributed by atoms with van der Waals surface area (Å²) in [5.41, 5.74) is 1.12. The Hall–Kier alpha value is -1.22. The zero-order chi connectivity index (χ0) is 11.4. The number of hydrogen-bond acceptors (Lipinski definition) is 3. The van der Waals surface area contributed by atoms with Gasteiger partial charge in [0, 0.05) is 6.04 Å². The minimum absolute atomic E-state index is 0.515. The molecule has 0 spiro atoms. The number of hydrogen-bond donors (Lipinski definition) is 1. The van der Waals surface area contributed by atoms with Crippen LogP contribution in [-0.2, 0) is 0 Å². The predicted molar refractivity (Wildman–Crippen MR) is 64.3 cm³/mol. The highest BCUT2D eigenvalue weighted by atomic mass is 16.5. The van der Waals surface area contributed by atoms with Gasteiger partial charge in [0.05, 0.1) is 7.11 Å². The molecule has 88 valence electrons. The summed E-state index contributed by atoms with van der Waals surface area (Å²) in [4.78, 5) is 0. The van der Waals surface area contributed by atoms with Crippen LogP contribution < -0.4 is 14.8 Å². The summed E-state index contributed by atoms with van der Waals surface area (Å²) in [7, 11) is 1.68. The molecule has 1 atom stereocenters. The first-order valence-corrected chi connectivity index (χ1v) is 5.80. The highest BCUT2D eigenvalue weighted by Gasteiger charge is 2.14. The van der Waals surface area contributed by atoms with Crippen molar-refractivity contribution in [2.45, 2.75) is 25.8 Å². The molecule has 1 heterocycles. The lowest BCUT2D eigenvalue weighted by molar-refractivity contribution is 0.275. The third-order valence-electron chi connectivity index (χ3n) is 2.98. The normalized spacial score (nSPS) is 19.8. The summed E-state index contributed by atoms with van der Waals surface area (Å²) in [6.45, 7) is 3.92. The smallest absolute Gasteiger partial charge is 0.122 e. The fourth-order valence-corrected chi connectivity index (χ4v) is 2.00. The SMILES string of the molecule is COc1ccc(OCC2CCCN2)c(C)c1. The number of methoxy groups -OCH3 is 1. The Balaban J connectivity index is 1.93. The maximum atomic E-state index is 5.80. The van der Waals surface area contributed by atoms with Crippen LogP contribution in [0.5, 0.6) is 11.5 Å². The molecule has 0 bridgehead atoms. The van der Waals surface area contributed by atoms with Gasteiger partial charge in [0.15, 0.2) is 0 Å². The average Bonchev–Trinajstić information content (AvgIpc) is 2.80. The van der Waals surface area contributed by atoms with E-state index in [9.17, 15) is 0 Å². The highest BCUT2D eigenvalue weighted by molar-refractivity contribution is 5.39. The minimum atomic E-state index is 0.515. The largest absolute Gasteiger partial charge is 0.497 e. The monoisotopic (exact) mass is 221 g/mol. The molecule has 3 nitrogen and oxygen atoms in total. The van der Waals surface area contributed by atoms with E-state index >= 15 is 0 Å². The Morgan fingerprint density at radius 2 is 2.31 bits per heavy atom. The second-order valence-corrected chi connectivity index (χ2v) is 4.24. The van der Waals surface area contributed by atoms with E-state index in [0.717, 1.165) is 30.2 Å². The molecule has 0 aliphatic carbocycles. The second-order valence-electron chi connectivity index (χ2n) is 4.24. The molecule has 3 heteroatoms. The third kappa shape index (κ3) is 2.67. The second kappa shape index (κ2) is 5.21. The number of rotatable bonds is 4. The predicted octanol–water partition coefficient (Wildman–Crippen LogP) is 2.13. The molecule has 2 rings (SSSR count). The van der Waals surface area contributed by atoms with E-state index in [1.54, 1.807) is 7.11 Å². The van der Waals surface area contributed by atoms with Crippen molar-refractivity contribution in [3.8, 4) is 11.5 Å². The summed E-state index contributed by atoms with van der Waals surface area (Å²) in [6, 6.07) is 6.42. The van der Waals surface area contributed by atoms with Crippen LogP contribution in [0.3, 0.4) is 0 Å². The van der Waals surface area contributed by atoms with E-state index in [0.29, 0.717) is 6.04 Å². The molecule has 0 aromatic heterocycles. The van der Waals surface area contributed by atoms with E-state index in [1.807, 2.05) is 25.1 Å². The van der Waals surface area contributed by atoms with Gasteiger partial charge in [-0.3, -0.25) is 0 Å². The molecular formula is C13H19NO2. The first kappa shape index (κ1) is 11.3. The maximum Gasteiger partial charge on any atom is 0.122 e. The van der Waals surface area contributed by atoms with Crippen molar-refractivity contribution in [3.63, 3.8) is 0 Å². The van der Waals surface area contributed by atoms with Crippen molar-refractivity contribution in [1.29, 1.82) is 0 Å². The fourth-order valence-electron chi connectivity index (χ4n) is 2.00. The molecule has 1 aliphatic rings. The summed E-state index contributed by atoms with van der Waals surface area (Å²) in [6.07, 6.45) is 2.48. The maximum absolute atomic E-state index is 5.80. The van der Waals surface area contributed by atoms with E-state index in [-0.39, 0.29) is 0 Å². The molecule has 0 radical (unpaired) electrons. The van der Waals surface area contributed by atoms with E-state index in [2.05, 4.69) is 5.32 Å². The molecule has 1 aliphatic heterocycles. The van der Waals surface area contributed by atoms with Crippen LogP contribution >= 0.6 is 0 Å². The highest BCUT2D eigenvalue weighted by Crippen LogP contribution is 2.23. The lowest BCUT2D eigenvalue weighted by Crippen LogP contribution is -2.28. The third-order valence-corrected chi connectivity index (χ3v) is 2.98. The van der Waals surface area contributed by atoms with Gasteiger partial charge in [0.1, 0.15) is 18.1 Å². The van der Waals surface area contributed by atoms with Crippen molar-refractivity contribution in [2.75, 3.05) is 20.3 Å². The van der Waals surface area contributed by atoms with Crippen molar-refractivity contribution in [3.05, 3.63) is 23.8 Å².